The van der Waals surface area contributed by atoms with Crippen molar-refractivity contribution in [1.82, 2.24) is 15.6 Å². The van der Waals surface area contributed by atoms with Crippen molar-refractivity contribution < 1.29 is 4.79 Å². The Morgan fingerprint density at radius 2 is 2.23 bits per heavy atom. The minimum Gasteiger partial charge on any atom is -0.338 e. The maximum Gasteiger partial charge on any atom is 0.314 e. The number of carbonyl (C=O) groups is 1. The average molecular weight is 339 g/mol. The van der Waals surface area contributed by atoms with Crippen molar-refractivity contribution in [2.45, 2.75) is 36.4 Å². The summed E-state index contributed by atoms with van der Waals surface area (Å²) in [5, 5.41) is 16.7. The number of nitrogens with zero attached hydrogens (tertiary/aromatic N) is 2. The third-order valence-corrected chi connectivity index (χ3v) is 5.87. The molecule has 1 fully saturated rings. The number of hydrogen-bond donors (Lipinski definition) is 2. The number of nitrogens with one attached hydrogen (secondary N) is 2. The second-order valence-corrected chi connectivity index (χ2v) is 7.72. The summed E-state index contributed by atoms with van der Waals surface area (Å²) in [4.78, 5) is 15.9. The fourth-order valence-electron chi connectivity index (χ4n) is 2.51. The molecular formula is C15H22N4OS2. The Morgan fingerprint density at radius 3 is 2.91 bits per heavy atom. The number of amides is 2. The van der Waals surface area contributed by atoms with Crippen LogP contribution in [-0.4, -0.2) is 29.9 Å². The van der Waals surface area contributed by atoms with E-state index >= 15 is 0 Å². The lowest BCUT2D eigenvalue weighted by atomic mass is 9.83. The summed E-state index contributed by atoms with van der Waals surface area (Å²) >= 11 is 3.37. The van der Waals surface area contributed by atoms with Gasteiger partial charge < -0.3 is 10.6 Å². The molecule has 0 radical (unpaired) electrons. The number of hydrogen-bond acceptors (Lipinski definition) is 5. The highest BCUT2D eigenvalue weighted by molar-refractivity contribution is 8.00. The summed E-state index contributed by atoms with van der Waals surface area (Å²) in [7, 11) is 0. The molecule has 1 heterocycles. The normalized spacial score (nSPS) is 21.0. The zero-order chi connectivity index (χ0) is 15.6. The van der Waals surface area contributed by atoms with E-state index < -0.39 is 0 Å². The molecule has 0 bridgehead atoms. The maximum atomic E-state index is 11.7. The SMILES string of the molecule is N#CC1CCC(CNC(=O)NCCCSc2nccs2)CC1. The van der Waals surface area contributed by atoms with Crippen molar-refractivity contribution in [2.24, 2.45) is 11.8 Å². The van der Waals surface area contributed by atoms with Crippen molar-refractivity contribution >= 4 is 29.1 Å². The molecule has 1 aromatic heterocycles. The Kier molecular flexibility index (Phi) is 7.54. The molecule has 2 N–H and O–H groups in total. The molecule has 0 unspecified atom stereocenters. The summed E-state index contributed by atoms with van der Waals surface area (Å²) in [6.45, 7) is 1.41. The molecule has 0 aromatic carbocycles. The van der Waals surface area contributed by atoms with Gasteiger partial charge in [-0.05, 0) is 38.0 Å². The first-order chi connectivity index (χ1) is 10.8. The molecule has 0 atom stereocenters. The van der Waals surface area contributed by atoms with Gasteiger partial charge in [-0.1, -0.05) is 11.8 Å². The van der Waals surface area contributed by atoms with Crippen molar-refractivity contribution in [3.05, 3.63) is 11.6 Å². The van der Waals surface area contributed by atoms with Crippen LogP contribution in [0, 0.1) is 23.2 Å². The maximum absolute atomic E-state index is 11.7. The van der Waals surface area contributed by atoms with E-state index in [-0.39, 0.29) is 11.9 Å². The second kappa shape index (κ2) is 9.70. The van der Waals surface area contributed by atoms with Gasteiger partial charge in [-0.3, -0.25) is 0 Å². The topological polar surface area (TPSA) is 77.8 Å². The number of thioether (sulfide) groups is 1. The molecule has 0 aliphatic heterocycles. The van der Waals surface area contributed by atoms with Gasteiger partial charge in [-0.25, -0.2) is 9.78 Å². The quantitative estimate of drug-likeness (QED) is 0.591. The van der Waals surface area contributed by atoms with Crippen molar-refractivity contribution in [3.8, 4) is 6.07 Å². The zero-order valence-corrected chi connectivity index (χ0v) is 14.2. The molecule has 120 valence electrons. The molecule has 1 aromatic rings. The van der Waals surface area contributed by atoms with E-state index in [1.807, 2.05) is 11.6 Å². The van der Waals surface area contributed by atoms with E-state index in [2.05, 4.69) is 21.7 Å². The van der Waals surface area contributed by atoms with E-state index in [1.54, 1.807) is 23.1 Å². The van der Waals surface area contributed by atoms with Gasteiger partial charge in [0.05, 0.1) is 6.07 Å². The van der Waals surface area contributed by atoms with Crippen LogP contribution in [0.25, 0.3) is 0 Å². The molecule has 1 saturated carbocycles. The molecule has 22 heavy (non-hydrogen) atoms. The van der Waals surface area contributed by atoms with Gasteiger partial charge in [0.25, 0.3) is 0 Å². The fraction of sp³-hybridized carbons (Fsp3) is 0.667. The van der Waals surface area contributed by atoms with Crippen LogP contribution in [0.3, 0.4) is 0 Å². The third-order valence-electron chi connectivity index (χ3n) is 3.82. The summed E-state index contributed by atoms with van der Waals surface area (Å²) < 4.78 is 1.08. The molecular weight excluding hydrogens is 316 g/mol. The van der Waals surface area contributed by atoms with Crippen LogP contribution in [0.15, 0.2) is 15.9 Å². The predicted octanol–water partition coefficient (Wildman–Crippen LogP) is 3.25. The number of aromatic nitrogens is 1. The molecule has 0 spiro atoms. The molecule has 1 aliphatic carbocycles. The molecule has 7 heteroatoms. The van der Waals surface area contributed by atoms with Gasteiger partial charge in [-0.2, -0.15) is 5.26 Å². The summed E-state index contributed by atoms with van der Waals surface area (Å²) in [5.41, 5.74) is 0. The summed E-state index contributed by atoms with van der Waals surface area (Å²) in [6, 6.07) is 2.25. The van der Waals surface area contributed by atoms with Gasteiger partial charge in [0, 0.05) is 36.3 Å². The lowest BCUT2D eigenvalue weighted by molar-refractivity contribution is 0.234. The lowest BCUT2D eigenvalue weighted by Gasteiger charge is -2.24. The average Bonchev–Trinajstić information content (AvgIpc) is 3.06. The monoisotopic (exact) mass is 338 g/mol. The van der Waals surface area contributed by atoms with Gasteiger partial charge in [0.2, 0.25) is 0 Å². The van der Waals surface area contributed by atoms with Gasteiger partial charge >= 0.3 is 6.03 Å². The van der Waals surface area contributed by atoms with Crippen molar-refractivity contribution in [2.75, 3.05) is 18.8 Å². The van der Waals surface area contributed by atoms with Crippen LogP contribution in [0.2, 0.25) is 0 Å². The van der Waals surface area contributed by atoms with Gasteiger partial charge in [0.15, 0.2) is 0 Å². The molecule has 0 saturated heterocycles. The standard InChI is InChI=1S/C15H22N4OS2/c16-10-12-2-4-13(5-3-12)11-19-14(20)17-6-1-8-21-15-18-7-9-22-15/h7,9,12-13H,1-6,8,11H2,(H2,17,19,20). The van der Waals surface area contributed by atoms with Crippen LogP contribution in [0.4, 0.5) is 4.79 Å². The molecule has 1 aliphatic rings. The highest BCUT2D eigenvalue weighted by atomic mass is 32.2. The highest BCUT2D eigenvalue weighted by Gasteiger charge is 2.20. The number of rotatable bonds is 7. The van der Waals surface area contributed by atoms with Crippen LogP contribution in [0.5, 0.6) is 0 Å². The van der Waals surface area contributed by atoms with Gasteiger partial charge in [0.1, 0.15) is 4.34 Å². The Bertz CT molecular complexity index is 478. The third kappa shape index (κ3) is 6.24. The minimum absolute atomic E-state index is 0.0818. The van der Waals surface area contributed by atoms with E-state index in [1.165, 1.54) is 0 Å². The first kappa shape index (κ1) is 17.1. The zero-order valence-electron chi connectivity index (χ0n) is 12.6. The Labute approximate surface area is 139 Å². The number of carbonyl (C=O) groups excluding carboxylic acids is 1. The predicted molar refractivity (Wildman–Crippen MR) is 89.9 cm³/mol. The number of urea groups is 1. The Morgan fingerprint density at radius 1 is 1.41 bits per heavy atom. The number of nitriles is 1. The van der Waals surface area contributed by atoms with E-state index in [0.29, 0.717) is 12.5 Å². The van der Waals surface area contributed by atoms with Gasteiger partial charge in [-0.15, -0.1) is 11.3 Å². The number of thiazole rings is 1. The van der Waals surface area contributed by atoms with E-state index in [4.69, 9.17) is 5.26 Å². The minimum atomic E-state index is -0.0818. The van der Waals surface area contributed by atoms with Crippen LogP contribution >= 0.6 is 23.1 Å². The molecule has 2 amide bonds. The molecule has 2 rings (SSSR count). The van der Waals surface area contributed by atoms with Crippen LogP contribution in [0.1, 0.15) is 32.1 Å². The van der Waals surface area contributed by atoms with Crippen molar-refractivity contribution in [3.63, 3.8) is 0 Å². The van der Waals surface area contributed by atoms with Crippen molar-refractivity contribution in [1.29, 1.82) is 5.26 Å². The van der Waals surface area contributed by atoms with Crippen LogP contribution < -0.4 is 10.6 Å². The Hall–Kier alpha value is -1.26. The Balaban J connectivity index is 1.47. The summed E-state index contributed by atoms with van der Waals surface area (Å²) in [5.74, 6) is 1.71. The smallest absolute Gasteiger partial charge is 0.314 e. The van der Waals surface area contributed by atoms with E-state index in [0.717, 1.165) is 48.7 Å². The lowest BCUT2D eigenvalue weighted by Crippen LogP contribution is -2.39. The second-order valence-electron chi connectivity index (χ2n) is 5.48. The molecule has 5 nitrogen and oxygen atoms in total. The summed E-state index contributed by atoms with van der Waals surface area (Å²) in [6.07, 6.45) is 6.77. The largest absolute Gasteiger partial charge is 0.338 e. The first-order valence-corrected chi connectivity index (χ1v) is 9.58. The first-order valence-electron chi connectivity index (χ1n) is 7.71. The van der Waals surface area contributed by atoms with Crippen LogP contribution in [-0.2, 0) is 0 Å². The highest BCUT2D eigenvalue weighted by Crippen LogP contribution is 2.27. The fourth-order valence-corrected chi connectivity index (χ4v) is 4.16. The van der Waals surface area contributed by atoms with E-state index in [9.17, 15) is 4.79 Å².